The van der Waals surface area contributed by atoms with Crippen LogP contribution in [0.4, 0.5) is 0 Å². The SMILES string of the molecule is CCCCCC(Br)C(O)(O)O. The molecule has 0 aliphatic rings. The standard InChI is InChI=1S/C7H15BrO3/c1-2-3-4-5-6(8)7(9,10)11/h6,9-11H,2-5H2,1H3. The van der Waals surface area contributed by atoms with Crippen LogP contribution in [0.1, 0.15) is 32.6 Å². The zero-order valence-corrected chi connectivity index (χ0v) is 8.21. The number of alkyl halides is 1. The van der Waals surface area contributed by atoms with E-state index in [0.717, 1.165) is 19.3 Å². The normalized spacial score (nSPS) is 15.0. The summed E-state index contributed by atoms with van der Waals surface area (Å²) in [7, 11) is 0. The number of halogens is 1. The highest BCUT2D eigenvalue weighted by Crippen LogP contribution is 2.19. The molecule has 0 aliphatic carbocycles. The fourth-order valence-corrected chi connectivity index (χ4v) is 1.09. The van der Waals surface area contributed by atoms with Crippen LogP contribution < -0.4 is 0 Å². The Morgan fingerprint density at radius 1 is 1.27 bits per heavy atom. The van der Waals surface area contributed by atoms with Crippen LogP contribution in [-0.4, -0.2) is 26.1 Å². The molecule has 4 heteroatoms. The van der Waals surface area contributed by atoms with Gasteiger partial charge in [0, 0.05) is 0 Å². The van der Waals surface area contributed by atoms with Crippen molar-refractivity contribution in [1.82, 2.24) is 0 Å². The third-order valence-corrected chi connectivity index (χ3v) is 2.55. The number of hydrogen-bond donors (Lipinski definition) is 3. The van der Waals surface area contributed by atoms with Gasteiger partial charge in [0.1, 0.15) is 0 Å². The molecule has 0 aromatic heterocycles. The summed E-state index contributed by atoms with van der Waals surface area (Å²) in [6, 6.07) is 0. The van der Waals surface area contributed by atoms with Gasteiger partial charge in [-0.2, -0.15) is 0 Å². The van der Waals surface area contributed by atoms with Gasteiger partial charge in [0.2, 0.25) is 0 Å². The van der Waals surface area contributed by atoms with E-state index in [1.54, 1.807) is 0 Å². The molecule has 0 rings (SSSR count). The van der Waals surface area contributed by atoms with E-state index >= 15 is 0 Å². The van der Waals surface area contributed by atoms with Crippen molar-refractivity contribution in [3.63, 3.8) is 0 Å². The Hall–Kier alpha value is 0.360. The van der Waals surface area contributed by atoms with Crippen molar-refractivity contribution >= 4 is 15.9 Å². The van der Waals surface area contributed by atoms with E-state index in [1.165, 1.54) is 0 Å². The van der Waals surface area contributed by atoms with Crippen LogP contribution in [0.2, 0.25) is 0 Å². The van der Waals surface area contributed by atoms with E-state index in [4.69, 9.17) is 15.3 Å². The molecule has 0 fully saturated rings. The minimum atomic E-state index is -2.58. The largest absolute Gasteiger partial charge is 0.343 e. The summed E-state index contributed by atoms with van der Waals surface area (Å²) in [5, 5.41) is 25.9. The molecule has 0 saturated heterocycles. The molecule has 3 N–H and O–H groups in total. The van der Waals surface area contributed by atoms with Crippen LogP contribution in [0.3, 0.4) is 0 Å². The second-order valence-electron chi connectivity index (χ2n) is 2.65. The van der Waals surface area contributed by atoms with E-state index in [1.807, 2.05) is 0 Å². The second-order valence-corrected chi connectivity index (χ2v) is 3.76. The van der Waals surface area contributed by atoms with Gasteiger partial charge in [0.25, 0.3) is 5.97 Å². The van der Waals surface area contributed by atoms with E-state index in [9.17, 15) is 0 Å². The number of hydrogen-bond acceptors (Lipinski definition) is 3. The maximum Gasteiger partial charge on any atom is 0.288 e. The molecule has 1 atom stereocenters. The van der Waals surface area contributed by atoms with Gasteiger partial charge in [-0.3, -0.25) is 0 Å². The Morgan fingerprint density at radius 3 is 2.18 bits per heavy atom. The summed E-state index contributed by atoms with van der Waals surface area (Å²) in [5.41, 5.74) is 0. The smallest absolute Gasteiger partial charge is 0.288 e. The maximum absolute atomic E-state index is 8.65. The second kappa shape index (κ2) is 5.09. The number of aliphatic hydroxyl groups is 3. The van der Waals surface area contributed by atoms with Crippen molar-refractivity contribution in [3.05, 3.63) is 0 Å². The first-order valence-electron chi connectivity index (χ1n) is 3.79. The van der Waals surface area contributed by atoms with Gasteiger partial charge in [-0.25, -0.2) is 0 Å². The van der Waals surface area contributed by atoms with Gasteiger partial charge in [-0.1, -0.05) is 42.1 Å². The highest BCUT2D eigenvalue weighted by Gasteiger charge is 2.28. The van der Waals surface area contributed by atoms with E-state index in [2.05, 4.69) is 22.9 Å². The molecule has 0 aromatic rings. The van der Waals surface area contributed by atoms with Crippen molar-refractivity contribution in [3.8, 4) is 0 Å². The molecule has 0 spiro atoms. The highest BCUT2D eigenvalue weighted by molar-refractivity contribution is 9.09. The molecule has 1 unspecified atom stereocenters. The average Bonchev–Trinajstić information content (AvgIpc) is 1.86. The third-order valence-electron chi connectivity index (χ3n) is 1.48. The first-order valence-corrected chi connectivity index (χ1v) is 4.71. The Kier molecular flexibility index (Phi) is 5.25. The van der Waals surface area contributed by atoms with E-state index < -0.39 is 10.8 Å². The molecule has 0 aliphatic heterocycles. The maximum atomic E-state index is 8.65. The average molecular weight is 227 g/mol. The van der Waals surface area contributed by atoms with Gasteiger partial charge in [-0.15, -0.1) is 0 Å². The monoisotopic (exact) mass is 226 g/mol. The molecule has 0 amide bonds. The molecule has 0 radical (unpaired) electrons. The van der Waals surface area contributed by atoms with E-state index in [-0.39, 0.29) is 0 Å². The molecule has 0 saturated carbocycles. The minimum Gasteiger partial charge on any atom is -0.343 e. The summed E-state index contributed by atoms with van der Waals surface area (Å²) in [4.78, 5) is -0.651. The van der Waals surface area contributed by atoms with Crippen LogP contribution in [0, 0.1) is 0 Å². The predicted molar refractivity (Wildman–Crippen MR) is 46.2 cm³/mol. The summed E-state index contributed by atoms with van der Waals surface area (Å²) in [5.74, 6) is -2.58. The zero-order chi connectivity index (χ0) is 8.91. The van der Waals surface area contributed by atoms with Gasteiger partial charge in [0.15, 0.2) is 0 Å². The van der Waals surface area contributed by atoms with Gasteiger partial charge in [-0.05, 0) is 6.42 Å². The summed E-state index contributed by atoms with van der Waals surface area (Å²) >= 11 is 2.98. The third kappa shape index (κ3) is 5.61. The molecular weight excluding hydrogens is 212 g/mol. The zero-order valence-electron chi connectivity index (χ0n) is 6.63. The summed E-state index contributed by atoms with van der Waals surface area (Å²) < 4.78 is 0. The minimum absolute atomic E-state index is 0.567. The fraction of sp³-hybridized carbons (Fsp3) is 1.00. The topological polar surface area (TPSA) is 60.7 Å². The number of unbranched alkanes of at least 4 members (excludes halogenated alkanes) is 2. The van der Waals surface area contributed by atoms with Crippen molar-refractivity contribution < 1.29 is 15.3 Å². The lowest BCUT2D eigenvalue weighted by molar-refractivity contribution is -0.309. The first kappa shape index (κ1) is 11.4. The Balaban J connectivity index is 3.44. The van der Waals surface area contributed by atoms with Crippen LogP contribution in [0.25, 0.3) is 0 Å². The van der Waals surface area contributed by atoms with Crippen molar-refractivity contribution in [2.45, 2.75) is 43.4 Å². The quantitative estimate of drug-likeness (QED) is 0.372. The Morgan fingerprint density at radius 2 is 1.82 bits per heavy atom. The fourth-order valence-electron chi connectivity index (χ4n) is 0.767. The highest BCUT2D eigenvalue weighted by atomic mass is 79.9. The Bertz CT molecular complexity index is 100. The van der Waals surface area contributed by atoms with Crippen molar-refractivity contribution in [2.24, 2.45) is 0 Å². The van der Waals surface area contributed by atoms with Crippen LogP contribution in [0.5, 0.6) is 0 Å². The molecule has 68 valence electrons. The molecule has 3 nitrogen and oxygen atoms in total. The molecule has 0 heterocycles. The summed E-state index contributed by atoms with van der Waals surface area (Å²) in [6.45, 7) is 2.06. The molecular formula is C7H15BrO3. The van der Waals surface area contributed by atoms with Crippen molar-refractivity contribution in [2.75, 3.05) is 0 Å². The Labute approximate surface area is 75.2 Å². The molecule has 11 heavy (non-hydrogen) atoms. The summed E-state index contributed by atoms with van der Waals surface area (Å²) in [6.07, 6.45) is 3.57. The predicted octanol–water partition coefficient (Wildman–Crippen LogP) is 0.961. The van der Waals surface area contributed by atoms with Gasteiger partial charge >= 0.3 is 0 Å². The van der Waals surface area contributed by atoms with Crippen LogP contribution in [0.15, 0.2) is 0 Å². The molecule has 0 bridgehead atoms. The first-order chi connectivity index (χ1) is 4.98. The lowest BCUT2D eigenvalue weighted by atomic mass is 10.1. The number of rotatable bonds is 5. The van der Waals surface area contributed by atoms with E-state index in [0.29, 0.717) is 6.42 Å². The lowest BCUT2D eigenvalue weighted by Gasteiger charge is -2.20. The lowest BCUT2D eigenvalue weighted by Crippen LogP contribution is -2.37. The van der Waals surface area contributed by atoms with Crippen LogP contribution >= 0.6 is 15.9 Å². The van der Waals surface area contributed by atoms with Gasteiger partial charge < -0.3 is 15.3 Å². The van der Waals surface area contributed by atoms with Crippen molar-refractivity contribution in [1.29, 1.82) is 0 Å². The molecule has 0 aromatic carbocycles. The van der Waals surface area contributed by atoms with Gasteiger partial charge in [0.05, 0.1) is 4.83 Å². The van der Waals surface area contributed by atoms with Crippen LogP contribution in [-0.2, 0) is 0 Å².